The van der Waals surface area contributed by atoms with E-state index in [4.69, 9.17) is 0 Å². The topological polar surface area (TPSA) is 12.9 Å². The van der Waals surface area contributed by atoms with Crippen LogP contribution in [0.3, 0.4) is 0 Å². The fourth-order valence-electron chi connectivity index (χ4n) is 0.566. The van der Waals surface area contributed by atoms with E-state index in [0.29, 0.717) is 0 Å². The predicted molar refractivity (Wildman–Crippen MR) is 45.5 cm³/mol. The Hall–Kier alpha value is 0.389. The van der Waals surface area contributed by atoms with Crippen molar-refractivity contribution in [3.05, 3.63) is 11.6 Å². The van der Waals surface area contributed by atoms with Crippen LogP contribution in [0.1, 0.15) is 0 Å². The molecule has 0 aliphatic rings. The van der Waals surface area contributed by atoms with E-state index in [0.717, 1.165) is 2.70 Å². The minimum atomic E-state index is -0.457. The Morgan fingerprint density at radius 2 is 2.20 bits per heavy atom. The molecule has 0 N–H and O–H groups in total. The van der Waals surface area contributed by atoms with Crippen LogP contribution in [0.4, 0.5) is 0 Å². The zero-order valence-corrected chi connectivity index (χ0v) is 10.1. The summed E-state index contributed by atoms with van der Waals surface area (Å²) in [6.45, 7) is 0. The van der Waals surface area contributed by atoms with Crippen LogP contribution in [-0.2, 0) is 0 Å². The van der Waals surface area contributed by atoms with Gasteiger partial charge < -0.3 is 0 Å². The monoisotopic (exact) mass is 263 g/mol. The Morgan fingerprint density at radius 3 is 2.60 bits per heavy atom. The van der Waals surface area contributed by atoms with Crippen LogP contribution < -0.4 is 3.02 Å². The zero-order chi connectivity index (χ0) is 7.61. The van der Waals surface area contributed by atoms with Gasteiger partial charge in [-0.1, -0.05) is 0 Å². The summed E-state index contributed by atoms with van der Waals surface area (Å²) in [7, 11) is 6.73. The molecule has 1 heterocycles. The normalized spacial score (nSPS) is 11.9. The van der Waals surface area contributed by atoms with Gasteiger partial charge in [0.05, 0.1) is 0 Å². The Morgan fingerprint density at radius 1 is 1.50 bits per heavy atom. The van der Waals surface area contributed by atoms with Crippen molar-refractivity contribution in [3.63, 3.8) is 0 Å². The second kappa shape index (κ2) is 3.19. The molecule has 0 spiro atoms. The summed E-state index contributed by atoms with van der Waals surface area (Å²) in [6.07, 6.45) is 1.90. The molecule has 0 saturated carbocycles. The molecule has 0 aliphatic carbocycles. The van der Waals surface area contributed by atoms with Gasteiger partial charge in [-0.2, -0.15) is 0 Å². The molecule has 0 atom stereocenters. The van der Waals surface area contributed by atoms with E-state index < -0.39 is 21.4 Å². The van der Waals surface area contributed by atoms with Crippen molar-refractivity contribution in [2.75, 3.05) is 21.1 Å². The van der Waals surface area contributed by atoms with Crippen molar-refractivity contribution in [2.45, 2.75) is 0 Å². The van der Waals surface area contributed by atoms with E-state index in [2.05, 4.69) is 31.5 Å². The molecule has 0 fully saturated rings. The molecule has 1 rings (SSSR count). The third-order valence-electron chi connectivity index (χ3n) is 0.863. The molecule has 1 aromatic heterocycles. The second-order valence-electron chi connectivity index (χ2n) is 2.96. The Kier molecular flexibility index (Phi) is 2.71. The molecule has 10 heavy (non-hydrogen) atoms. The maximum atomic E-state index is 4.28. The summed E-state index contributed by atoms with van der Waals surface area (Å²) in [5.41, 5.74) is 0. The molecule has 1 aromatic rings. The Bertz CT molecular complexity index is 190. The molecule has 2 nitrogen and oxygen atoms in total. The molecule has 2 radical (unpaired) electrons. The number of nitrogens with zero attached hydrogens (tertiary/aromatic N) is 2. The summed E-state index contributed by atoms with van der Waals surface area (Å²) in [5.74, 6) is 0. The fraction of sp³-hybridized carbons (Fsp3) is 0.500. The van der Waals surface area contributed by atoms with Crippen molar-refractivity contribution in [1.29, 1.82) is 0 Å². The van der Waals surface area contributed by atoms with Crippen LogP contribution in [-0.4, -0.2) is 50.2 Å². The Balaban J connectivity index is 2.57. The predicted octanol–water partition coefficient (Wildman–Crippen LogP) is 0.0938. The number of hydrogen-bond donors (Lipinski definition) is 0. The average molecular weight is 262 g/mol. The molecule has 0 unspecified atom stereocenters. The summed E-state index contributed by atoms with van der Waals surface area (Å²) in [5, 5.41) is 2.06. The third-order valence-corrected chi connectivity index (χ3v) is 5.90. The van der Waals surface area contributed by atoms with Crippen LogP contribution in [0.25, 0.3) is 0 Å². The van der Waals surface area contributed by atoms with Gasteiger partial charge in [-0.15, -0.1) is 0 Å². The van der Waals surface area contributed by atoms with E-state index in [1.807, 2.05) is 6.20 Å². The summed E-state index contributed by atoms with van der Waals surface area (Å²) >= 11 is 1.34. The van der Waals surface area contributed by atoms with Crippen molar-refractivity contribution >= 4 is 35.8 Å². The fourth-order valence-corrected chi connectivity index (χ4v) is 5.88. The van der Waals surface area contributed by atoms with Crippen LogP contribution in [0.5, 0.6) is 0 Å². The number of rotatable bonds is 2. The Labute approximate surface area is 76.1 Å². The number of hydrogen-bond acceptors (Lipinski definition) is 2. The van der Waals surface area contributed by atoms with Gasteiger partial charge in [0.1, 0.15) is 0 Å². The van der Waals surface area contributed by atoms with Gasteiger partial charge in [-0.25, -0.2) is 0 Å². The van der Waals surface area contributed by atoms with Gasteiger partial charge in [0, 0.05) is 0 Å². The van der Waals surface area contributed by atoms with Gasteiger partial charge >= 0.3 is 76.2 Å². The SMILES string of the molecule is C[N+](C)(C)[Sn][c]1nccs1. The molecule has 4 heteroatoms. The van der Waals surface area contributed by atoms with Crippen LogP contribution in [0, 0.1) is 0 Å². The van der Waals surface area contributed by atoms with Crippen molar-refractivity contribution in [1.82, 2.24) is 4.98 Å². The van der Waals surface area contributed by atoms with Gasteiger partial charge in [0.15, 0.2) is 0 Å². The summed E-state index contributed by atoms with van der Waals surface area (Å²) < 4.78 is 2.51. The van der Waals surface area contributed by atoms with Crippen LogP contribution in [0.2, 0.25) is 0 Å². The molecule has 0 aromatic carbocycles. The van der Waals surface area contributed by atoms with Crippen molar-refractivity contribution in [3.8, 4) is 0 Å². The summed E-state index contributed by atoms with van der Waals surface area (Å²) in [4.78, 5) is 4.28. The third kappa shape index (κ3) is 2.98. The first kappa shape index (κ1) is 8.48. The minimum absolute atomic E-state index is 0.457. The number of aromatic nitrogens is 1. The first-order chi connectivity index (χ1) is 4.58. The van der Waals surface area contributed by atoms with Crippen LogP contribution in [0.15, 0.2) is 11.6 Å². The maximum absolute atomic E-state index is 4.28. The van der Waals surface area contributed by atoms with Gasteiger partial charge in [0.25, 0.3) is 0 Å². The first-order valence-electron chi connectivity index (χ1n) is 3.07. The average Bonchev–Trinajstić information content (AvgIpc) is 2.12. The van der Waals surface area contributed by atoms with E-state index in [-0.39, 0.29) is 0 Å². The second-order valence-corrected chi connectivity index (χ2v) is 10.7. The van der Waals surface area contributed by atoms with E-state index in [9.17, 15) is 0 Å². The van der Waals surface area contributed by atoms with Gasteiger partial charge in [-0.05, 0) is 0 Å². The quantitative estimate of drug-likeness (QED) is 0.688. The van der Waals surface area contributed by atoms with Gasteiger partial charge in [-0.3, -0.25) is 0 Å². The molecule has 0 saturated heterocycles. The molecule has 0 aliphatic heterocycles. The van der Waals surface area contributed by atoms with Crippen molar-refractivity contribution in [2.24, 2.45) is 0 Å². The van der Waals surface area contributed by atoms with E-state index in [1.54, 1.807) is 11.3 Å². The van der Waals surface area contributed by atoms with E-state index in [1.165, 1.54) is 3.02 Å². The molecular weight excluding hydrogens is 251 g/mol. The number of quaternary nitrogens is 1. The number of thiazole rings is 1. The molecule has 0 bridgehead atoms. The molecular formula is C6H11N2SSn+. The molecule has 54 valence electrons. The standard InChI is InChI=1S/C3H2NS.C3H9N.Sn/c1-2-5-3-4-1;1-4(2)3;/h1-2H;1-3H3;/q;;+1. The van der Waals surface area contributed by atoms with Gasteiger partial charge in [0.2, 0.25) is 0 Å². The van der Waals surface area contributed by atoms with E-state index >= 15 is 0 Å². The molecule has 0 amide bonds. The van der Waals surface area contributed by atoms with Crippen molar-refractivity contribution < 1.29 is 2.70 Å². The van der Waals surface area contributed by atoms with Crippen LogP contribution >= 0.6 is 11.3 Å². The first-order valence-corrected chi connectivity index (χ1v) is 6.65. The summed E-state index contributed by atoms with van der Waals surface area (Å²) in [6, 6.07) is 0. The zero-order valence-electron chi connectivity index (χ0n) is 6.46.